The van der Waals surface area contributed by atoms with E-state index in [-0.39, 0.29) is 12.1 Å². The first-order valence-electron chi connectivity index (χ1n) is 12.2. The van der Waals surface area contributed by atoms with E-state index < -0.39 is 0 Å². The molecule has 0 radical (unpaired) electrons. The number of anilines is 1. The van der Waals surface area contributed by atoms with Crippen molar-refractivity contribution in [1.82, 2.24) is 10.3 Å². The number of thiocarbonyl (C=S) groups is 1. The van der Waals surface area contributed by atoms with E-state index in [1.54, 1.807) is 6.20 Å². The summed E-state index contributed by atoms with van der Waals surface area (Å²) in [6.45, 7) is 2.04. The summed E-state index contributed by atoms with van der Waals surface area (Å²) >= 11 is 5.85. The molecule has 2 atom stereocenters. The zero-order valence-corrected chi connectivity index (χ0v) is 21.1. The standard InChI is InChI=1S/C31H25N3O2S/c1-21-9-5-6-13-26(21)35-24-16-14-23(15-17-24)34-30(29(33-31(34)37)25-12-7-8-20-32-25)28-19-18-27(36-28)22-10-3-2-4-11-22/h2-20,29-30H,1H3,(H,33,37)/t29-,30+/m1/s1. The second-order valence-corrected chi connectivity index (χ2v) is 9.31. The van der Waals surface area contributed by atoms with Crippen LogP contribution in [0.3, 0.4) is 0 Å². The SMILES string of the molecule is Cc1ccccc1Oc1ccc(N2C(=S)N[C@H](c3ccccn3)[C@@H]2c2ccc(-c3ccccc3)o2)cc1. The summed E-state index contributed by atoms with van der Waals surface area (Å²) in [6, 6.07) is 35.6. The van der Waals surface area contributed by atoms with Crippen molar-refractivity contribution in [3.63, 3.8) is 0 Å². The minimum absolute atomic E-state index is 0.175. The molecule has 0 spiro atoms. The van der Waals surface area contributed by atoms with Gasteiger partial charge in [0.25, 0.3) is 0 Å². The van der Waals surface area contributed by atoms with E-state index in [4.69, 9.17) is 21.4 Å². The molecular formula is C31H25N3O2S. The maximum Gasteiger partial charge on any atom is 0.174 e. The summed E-state index contributed by atoms with van der Waals surface area (Å²) in [5.74, 6) is 3.22. The van der Waals surface area contributed by atoms with Crippen LogP contribution in [0.2, 0.25) is 0 Å². The lowest BCUT2D eigenvalue weighted by Crippen LogP contribution is -2.29. The normalized spacial score (nSPS) is 17.0. The van der Waals surface area contributed by atoms with Crippen molar-refractivity contribution in [2.45, 2.75) is 19.0 Å². The first-order chi connectivity index (χ1) is 18.2. The van der Waals surface area contributed by atoms with Crippen LogP contribution in [0.1, 0.15) is 29.1 Å². The zero-order valence-electron chi connectivity index (χ0n) is 20.2. The van der Waals surface area contributed by atoms with E-state index in [0.717, 1.165) is 45.5 Å². The summed E-state index contributed by atoms with van der Waals surface area (Å²) in [7, 11) is 0. The number of ether oxygens (including phenoxy) is 1. The van der Waals surface area contributed by atoms with E-state index in [1.807, 2.05) is 116 Å². The highest BCUT2D eigenvalue weighted by atomic mass is 32.1. The number of nitrogens with one attached hydrogen (secondary N) is 1. The van der Waals surface area contributed by atoms with Crippen molar-refractivity contribution in [2.24, 2.45) is 0 Å². The minimum atomic E-state index is -0.219. The quantitative estimate of drug-likeness (QED) is 0.241. The van der Waals surface area contributed by atoms with E-state index in [2.05, 4.69) is 15.2 Å². The van der Waals surface area contributed by atoms with Crippen LogP contribution in [0, 0.1) is 6.92 Å². The Bertz CT molecular complexity index is 1520. The van der Waals surface area contributed by atoms with Crippen LogP contribution in [0.15, 0.2) is 120 Å². The fourth-order valence-corrected chi connectivity index (χ4v) is 5.01. The smallest absolute Gasteiger partial charge is 0.174 e. The predicted octanol–water partition coefficient (Wildman–Crippen LogP) is 7.62. The molecule has 0 aliphatic carbocycles. The van der Waals surface area contributed by atoms with Gasteiger partial charge in [-0.25, -0.2) is 0 Å². The second-order valence-electron chi connectivity index (χ2n) is 8.93. The maximum absolute atomic E-state index is 6.43. The topological polar surface area (TPSA) is 50.5 Å². The number of benzene rings is 3. The molecule has 3 aromatic carbocycles. The van der Waals surface area contributed by atoms with Crippen LogP contribution in [-0.2, 0) is 0 Å². The molecule has 0 unspecified atom stereocenters. The number of nitrogens with zero attached hydrogens (tertiary/aromatic N) is 2. The molecule has 37 heavy (non-hydrogen) atoms. The Morgan fingerprint density at radius 3 is 2.35 bits per heavy atom. The Morgan fingerprint density at radius 2 is 1.59 bits per heavy atom. The molecule has 1 saturated heterocycles. The summed E-state index contributed by atoms with van der Waals surface area (Å²) in [5.41, 5.74) is 3.95. The number of aryl methyl sites for hydroxylation is 1. The number of aromatic nitrogens is 1. The molecule has 1 N–H and O–H groups in total. The molecule has 0 amide bonds. The van der Waals surface area contributed by atoms with Gasteiger partial charge in [-0.15, -0.1) is 0 Å². The number of furan rings is 1. The average Bonchev–Trinajstić information content (AvgIpc) is 3.56. The first-order valence-corrected chi connectivity index (χ1v) is 12.6. The molecule has 2 aromatic heterocycles. The maximum atomic E-state index is 6.43. The van der Waals surface area contributed by atoms with Crippen LogP contribution >= 0.6 is 12.2 Å². The molecule has 6 rings (SSSR count). The minimum Gasteiger partial charge on any atom is -0.459 e. The van der Waals surface area contributed by atoms with Crippen molar-refractivity contribution in [2.75, 3.05) is 4.90 Å². The molecule has 1 aliphatic rings. The van der Waals surface area contributed by atoms with E-state index in [0.29, 0.717) is 5.11 Å². The van der Waals surface area contributed by atoms with Gasteiger partial charge in [-0.3, -0.25) is 4.98 Å². The highest BCUT2D eigenvalue weighted by Gasteiger charge is 2.42. The summed E-state index contributed by atoms with van der Waals surface area (Å²) in [4.78, 5) is 6.72. The van der Waals surface area contributed by atoms with Crippen molar-refractivity contribution in [3.8, 4) is 22.8 Å². The Balaban J connectivity index is 1.36. The van der Waals surface area contributed by atoms with Gasteiger partial charge in [-0.1, -0.05) is 54.6 Å². The summed E-state index contributed by atoms with van der Waals surface area (Å²) < 4.78 is 12.5. The van der Waals surface area contributed by atoms with E-state index >= 15 is 0 Å². The lowest BCUT2D eigenvalue weighted by Gasteiger charge is -2.26. The molecule has 182 valence electrons. The molecule has 5 nitrogen and oxygen atoms in total. The van der Waals surface area contributed by atoms with Crippen molar-refractivity contribution in [3.05, 3.63) is 132 Å². The van der Waals surface area contributed by atoms with Crippen LogP contribution in [0.25, 0.3) is 11.3 Å². The van der Waals surface area contributed by atoms with E-state index in [9.17, 15) is 0 Å². The summed E-state index contributed by atoms with van der Waals surface area (Å²) in [5, 5.41) is 4.10. The average molecular weight is 504 g/mol. The highest BCUT2D eigenvalue weighted by molar-refractivity contribution is 7.80. The van der Waals surface area contributed by atoms with Crippen LogP contribution in [0.5, 0.6) is 11.5 Å². The largest absolute Gasteiger partial charge is 0.459 e. The predicted molar refractivity (Wildman–Crippen MR) is 150 cm³/mol. The van der Waals surface area contributed by atoms with Gasteiger partial charge in [-0.05, 0) is 79.3 Å². The van der Waals surface area contributed by atoms with Crippen LogP contribution < -0.4 is 15.0 Å². The van der Waals surface area contributed by atoms with Gasteiger partial charge in [0.05, 0.1) is 11.7 Å². The second kappa shape index (κ2) is 9.91. The fraction of sp³-hybridized carbons (Fsp3) is 0.0968. The lowest BCUT2D eigenvalue weighted by molar-refractivity contribution is 0.439. The molecule has 0 saturated carbocycles. The first kappa shape index (κ1) is 23.0. The third-order valence-corrected chi connectivity index (χ3v) is 6.83. The highest BCUT2D eigenvalue weighted by Crippen LogP contribution is 2.43. The third-order valence-electron chi connectivity index (χ3n) is 6.51. The molecular weight excluding hydrogens is 478 g/mol. The Morgan fingerprint density at radius 1 is 0.838 bits per heavy atom. The Kier molecular flexibility index (Phi) is 6.16. The zero-order chi connectivity index (χ0) is 25.2. The van der Waals surface area contributed by atoms with Crippen molar-refractivity contribution < 1.29 is 9.15 Å². The lowest BCUT2D eigenvalue weighted by atomic mass is 10.0. The number of hydrogen-bond donors (Lipinski definition) is 1. The number of pyridine rings is 1. The monoisotopic (exact) mass is 503 g/mol. The molecule has 1 aliphatic heterocycles. The molecule has 3 heterocycles. The van der Waals surface area contributed by atoms with E-state index in [1.165, 1.54) is 0 Å². The van der Waals surface area contributed by atoms with Gasteiger partial charge in [0.15, 0.2) is 5.11 Å². The number of rotatable bonds is 6. The fourth-order valence-electron chi connectivity index (χ4n) is 4.66. The van der Waals surface area contributed by atoms with Crippen LogP contribution in [-0.4, -0.2) is 10.1 Å². The van der Waals surface area contributed by atoms with Crippen LogP contribution in [0.4, 0.5) is 5.69 Å². The molecule has 6 heteroatoms. The van der Waals surface area contributed by atoms with Gasteiger partial charge < -0.3 is 19.4 Å². The number of hydrogen-bond acceptors (Lipinski definition) is 4. The molecule has 1 fully saturated rings. The summed E-state index contributed by atoms with van der Waals surface area (Å²) in [6.07, 6.45) is 1.80. The van der Waals surface area contributed by atoms with Gasteiger partial charge in [0, 0.05) is 17.4 Å². The Hall–Kier alpha value is -4.42. The van der Waals surface area contributed by atoms with Gasteiger partial charge in [0.2, 0.25) is 0 Å². The third kappa shape index (κ3) is 4.59. The van der Waals surface area contributed by atoms with Gasteiger partial charge in [0.1, 0.15) is 29.1 Å². The van der Waals surface area contributed by atoms with Gasteiger partial charge in [-0.2, -0.15) is 0 Å². The van der Waals surface area contributed by atoms with Gasteiger partial charge >= 0.3 is 0 Å². The number of para-hydroxylation sites is 1. The Labute approximate surface area is 221 Å². The molecule has 5 aromatic rings. The van der Waals surface area contributed by atoms with Crippen molar-refractivity contribution >= 4 is 23.0 Å². The van der Waals surface area contributed by atoms with Crippen molar-refractivity contribution in [1.29, 1.82) is 0 Å². The molecule has 0 bridgehead atoms.